The maximum absolute atomic E-state index is 5.69. The summed E-state index contributed by atoms with van der Waals surface area (Å²) < 4.78 is 15.3. The predicted molar refractivity (Wildman–Crippen MR) is 65.2 cm³/mol. The van der Waals surface area contributed by atoms with Crippen LogP contribution in [0.15, 0.2) is 29.4 Å². The molecule has 2 rings (SSSR count). The molecule has 17 heavy (non-hydrogen) atoms. The predicted octanol–water partition coefficient (Wildman–Crippen LogP) is 3.10. The summed E-state index contributed by atoms with van der Waals surface area (Å²) in [6, 6.07) is 7.48. The van der Waals surface area contributed by atoms with Gasteiger partial charge in [-0.3, -0.25) is 4.39 Å². The molecule has 0 bridgehead atoms. The van der Waals surface area contributed by atoms with E-state index in [1.54, 1.807) is 0 Å². The van der Waals surface area contributed by atoms with Gasteiger partial charge in [-0.25, -0.2) is 0 Å². The lowest BCUT2D eigenvalue weighted by Crippen LogP contribution is -2.24. The molecule has 0 radical (unpaired) electrons. The minimum absolute atomic E-state index is 0.116. The van der Waals surface area contributed by atoms with Crippen LogP contribution in [0.25, 0.3) is 0 Å². The lowest BCUT2D eigenvalue weighted by Gasteiger charge is -2.23. The topological polar surface area (TPSA) is 40.0 Å². The molecule has 1 aliphatic heterocycles. The van der Waals surface area contributed by atoms with Gasteiger partial charge in [0.2, 0.25) is 0 Å². The Morgan fingerprint density at radius 2 is 2.12 bits per heavy atom. The summed E-state index contributed by atoms with van der Waals surface area (Å²) >= 11 is 4.97. The van der Waals surface area contributed by atoms with Crippen LogP contribution in [0.4, 0.5) is 0 Å². The third-order valence-electron chi connectivity index (χ3n) is 2.53. The first-order chi connectivity index (χ1) is 8.38. The number of ether oxygens (including phenoxy) is 2. The second-order valence-electron chi connectivity index (χ2n) is 3.79. The zero-order valence-corrected chi connectivity index (χ0v) is 10.1. The Labute approximate surface area is 105 Å². The highest BCUT2D eigenvalue weighted by Gasteiger charge is 2.14. The first-order valence-corrected chi connectivity index (χ1v) is 5.89. The lowest BCUT2D eigenvalue weighted by atomic mass is 10.2. The average Bonchev–Trinajstić information content (AvgIpc) is 2.39. The number of hydrogen-bond donors (Lipinski definition) is 0. The minimum atomic E-state index is -0.116. The molecule has 1 atom stereocenters. The van der Waals surface area contributed by atoms with Gasteiger partial charge in [0.05, 0.1) is 12.8 Å². The molecule has 0 N–H and O–H groups in total. The highest BCUT2D eigenvalue weighted by molar-refractivity contribution is 6.07. The number of rotatable bonds is 4. The van der Waals surface area contributed by atoms with Crippen molar-refractivity contribution in [3.8, 4) is 5.75 Å². The SMILES string of the molecule is ClON=Cc1ccc(OC2CCCCO2)cc1. The number of nitrogens with zero attached hydrogens (tertiary/aromatic N) is 1. The van der Waals surface area contributed by atoms with Gasteiger partial charge in [-0.05, 0) is 42.7 Å². The van der Waals surface area contributed by atoms with Crippen LogP contribution in [0.3, 0.4) is 0 Å². The summed E-state index contributed by atoms with van der Waals surface area (Å²) in [5, 5.41) is 3.46. The zero-order valence-electron chi connectivity index (χ0n) is 9.34. The molecule has 92 valence electrons. The van der Waals surface area contributed by atoms with Crippen LogP contribution in [0.2, 0.25) is 0 Å². The van der Waals surface area contributed by atoms with Crippen molar-refractivity contribution in [2.75, 3.05) is 6.61 Å². The van der Waals surface area contributed by atoms with Crippen LogP contribution in [0.5, 0.6) is 5.75 Å². The molecule has 1 aliphatic rings. The molecular weight excluding hydrogens is 242 g/mol. The van der Waals surface area contributed by atoms with E-state index in [1.807, 2.05) is 24.3 Å². The van der Waals surface area contributed by atoms with Crippen molar-refractivity contribution in [3.05, 3.63) is 29.8 Å². The molecule has 0 saturated carbocycles. The summed E-state index contributed by atoms with van der Waals surface area (Å²) in [5.41, 5.74) is 0.891. The second kappa shape index (κ2) is 6.47. The van der Waals surface area contributed by atoms with E-state index in [2.05, 4.69) is 9.55 Å². The Bertz CT molecular complexity index is 361. The van der Waals surface area contributed by atoms with E-state index in [0.717, 1.165) is 37.2 Å². The molecule has 0 spiro atoms. The van der Waals surface area contributed by atoms with Crippen LogP contribution in [0, 0.1) is 0 Å². The molecule has 1 fully saturated rings. The van der Waals surface area contributed by atoms with Crippen LogP contribution >= 0.6 is 11.9 Å². The van der Waals surface area contributed by atoms with Crippen molar-refractivity contribution in [2.24, 2.45) is 5.16 Å². The Hall–Kier alpha value is -1.26. The third-order valence-corrected chi connectivity index (χ3v) is 2.61. The van der Waals surface area contributed by atoms with Gasteiger partial charge < -0.3 is 9.47 Å². The molecule has 1 aromatic rings. The van der Waals surface area contributed by atoms with Gasteiger partial charge >= 0.3 is 0 Å². The maximum atomic E-state index is 5.69. The van der Waals surface area contributed by atoms with Crippen LogP contribution < -0.4 is 4.74 Å². The second-order valence-corrected chi connectivity index (χ2v) is 3.92. The van der Waals surface area contributed by atoms with Crippen molar-refractivity contribution < 1.29 is 13.9 Å². The maximum Gasteiger partial charge on any atom is 0.199 e. The summed E-state index contributed by atoms with van der Waals surface area (Å²) in [6.07, 6.45) is 4.63. The van der Waals surface area contributed by atoms with Crippen LogP contribution in [0.1, 0.15) is 24.8 Å². The molecule has 5 heteroatoms. The number of halogens is 1. The van der Waals surface area contributed by atoms with Crippen LogP contribution in [-0.4, -0.2) is 19.1 Å². The van der Waals surface area contributed by atoms with E-state index in [0.29, 0.717) is 0 Å². The Kier molecular flexibility index (Phi) is 4.64. The Balaban J connectivity index is 1.90. The Morgan fingerprint density at radius 3 is 2.76 bits per heavy atom. The first kappa shape index (κ1) is 12.2. The summed E-state index contributed by atoms with van der Waals surface area (Å²) in [6.45, 7) is 0.780. The van der Waals surface area contributed by atoms with Gasteiger partial charge in [0, 0.05) is 6.42 Å². The van der Waals surface area contributed by atoms with Crippen molar-refractivity contribution in [2.45, 2.75) is 25.6 Å². The molecule has 0 amide bonds. The monoisotopic (exact) mass is 255 g/mol. The lowest BCUT2D eigenvalue weighted by molar-refractivity contribution is -0.105. The number of oxime groups is 1. The van der Waals surface area contributed by atoms with Gasteiger partial charge in [-0.15, -0.1) is 0 Å². The van der Waals surface area contributed by atoms with Gasteiger partial charge in [-0.2, -0.15) is 0 Å². The van der Waals surface area contributed by atoms with Crippen molar-refractivity contribution in [1.82, 2.24) is 0 Å². The summed E-state index contributed by atoms with van der Waals surface area (Å²) in [7, 11) is 0. The van der Waals surface area contributed by atoms with Crippen molar-refractivity contribution in [1.29, 1.82) is 0 Å². The van der Waals surface area contributed by atoms with Gasteiger partial charge in [0.1, 0.15) is 5.75 Å². The van der Waals surface area contributed by atoms with E-state index < -0.39 is 0 Å². The molecule has 1 unspecified atom stereocenters. The fourth-order valence-electron chi connectivity index (χ4n) is 1.67. The van der Waals surface area contributed by atoms with Gasteiger partial charge in [0.25, 0.3) is 0 Å². The summed E-state index contributed by atoms with van der Waals surface area (Å²) in [4.78, 5) is 0. The van der Waals surface area contributed by atoms with Crippen molar-refractivity contribution in [3.63, 3.8) is 0 Å². The number of benzene rings is 1. The standard InChI is InChI=1S/C12H14ClNO3/c13-17-14-9-10-4-6-11(7-5-10)16-12-3-1-2-8-15-12/h4-7,9,12H,1-3,8H2. The molecule has 1 heterocycles. The molecule has 0 aliphatic carbocycles. The normalized spacial score (nSPS) is 20.4. The largest absolute Gasteiger partial charge is 0.465 e. The smallest absolute Gasteiger partial charge is 0.199 e. The molecule has 4 nitrogen and oxygen atoms in total. The Morgan fingerprint density at radius 1 is 1.29 bits per heavy atom. The highest BCUT2D eigenvalue weighted by atomic mass is 35.5. The number of hydrogen-bond acceptors (Lipinski definition) is 4. The van der Waals surface area contributed by atoms with E-state index in [1.165, 1.54) is 6.21 Å². The van der Waals surface area contributed by atoms with E-state index in [9.17, 15) is 0 Å². The van der Waals surface area contributed by atoms with Crippen LogP contribution in [-0.2, 0) is 9.13 Å². The summed E-state index contributed by atoms with van der Waals surface area (Å²) in [5.74, 6) is 0.792. The first-order valence-electron chi connectivity index (χ1n) is 5.58. The van der Waals surface area contributed by atoms with Gasteiger partial charge in [-0.1, -0.05) is 5.16 Å². The van der Waals surface area contributed by atoms with E-state index in [-0.39, 0.29) is 6.29 Å². The van der Waals surface area contributed by atoms with E-state index >= 15 is 0 Å². The van der Waals surface area contributed by atoms with E-state index in [4.69, 9.17) is 21.3 Å². The minimum Gasteiger partial charge on any atom is -0.465 e. The molecule has 1 saturated heterocycles. The average molecular weight is 256 g/mol. The van der Waals surface area contributed by atoms with Crippen molar-refractivity contribution >= 4 is 18.1 Å². The highest BCUT2D eigenvalue weighted by Crippen LogP contribution is 2.19. The molecule has 0 aromatic heterocycles. The van der Waals surface area contributed by atoms with Gasteiger partial charge in [0.15, 0.2) is 18.2 Å². The third kappa shape index (κ3) is 3.91. The molecular formula is C12H14ClNO3. The fourth-order valence-corrected chi connectivity index (χ4v) is 1.71. The quantitative estimate of drug-likeness (QED) is 0.613. The fraction of sp³-hybridized carbons (Fsp3) is 0.417. The molecule has 1 aromatic carbocycles. The zero-order chi connectivity index (χ0) is 11.9.